The summed E-state index contributed by atoms with van der Waals surface area (Å²) in [7, 11) is 0. The topological polar surface area (TPSA) is 91.7 Å². The van der Waals surface area contributed by atoms with Crippen molar-refractivity contribution in [1.29, 1.82) is 0 Å². The Labute approximate surface area is 127 Å². The molecule has 2 aromatic heterocycles. The highest BCUT2D eigenvalue weighted by Crippen LogP contribution is 2.24. The van der Waals surface area contributed by atoms with Crippen LogP contribution < -0.4 is 10.5 Å². The van der Waals surface area contributed by atoms with Crippen molar-refractivity contribution < 1.29 is 4.74 Å². The molecule has 112 valence electrons. The molecule has 0 saturated heterocycles. The molecule has 3 rings (SSSR count). The summed E-state index contributed by atoms with van der Waals surface area (Å²) in [5.41, 5.74) is 8.59. The Morgan fingerprint density at radius 3 is 2.68 bits per heavy atom. The van der Waals surface area contributed by atoms with Gasteiger partial charge in [0.15, 0.2) is 0 Å². The van der Waals surface area contributed by atoms with E-state index in [2.05, 4.69) is 20.5 Å². The van der Waals surface area contributed by atoms with Crippen LogP contribution in [0, 0.1) is 0 Å². The number of rotatable bonds is 5. The zero-order valence-electron chi connectivity index (χ0n) is 12.2. The zero-order chi connectivity index (χ0) is 15.4. The second-order valence-corrected chi connectivity index (χ2v) is 4.66. The van der Waals surface area contributed by atoms with Gasteiger partial charge in [-0.3, -0.25) is 4.98 Å². The van der Waals surface area contributed by atoms with Crippen LogP contribution >= 0.6 is 0 Å². The number of nitrogens with zero attached hydrogens (tertiary/aromatic N) is 5. The van der Waals surface area contributed by atoms with E-state index in [4.69, 9.17) is 10.5 Å². The van der Waals surface area contributed by atoms with Gasteiger partial charge in [0, 0.05) is 17.3 Å². The number of tetrazole rings is 1. The number of anilines is 1. The quantitative estimate of drug-likeness (QED) is 0.771. The first kappa shape index (κ1) is 14.0. The average Bonchev–Trinajstić information content (AvgIpc) is 2.94. The first-order chi connectivity index (χ1) is 10.8. The van der Waals surface area contributed by atoms with E-state index >= 15 is 0 Å². The molecule has 0 saturated carbocycles. The molecule has 0 aliphatic carbocycles. The summed E-state index contributed by atoms with van der Waals surface area (Å²) in [6.07, 6.45) is 1.76. The van der Waals surface area contributed by atoms with Crippen molar-refractivity contribution in [3.8, 4) is 17.0 Å². The maximum absolute atomic E-state index is 5.72. The van der Waals surface area contributed by atoms with Gasteiger partial charge in [-0.15, -0.1) is 0 Å². The maximum atomic E-state index is 5.72. The fraction of sp³-hybridized carbons (Fsp3) is 0.200. The lowest BCUT2D eigenvalue weighted by Crippen LogP contribution is -2.08. The van der Waals surface area contributed by atoms with Crippen LogP contribution in [-0.2, 0) is 6.54 Å². The van der Waals surface area contributed by atoms with E-state index in [1.165, 1.54) is 4.68 Å². The van der Waals surface area contributed by atoms with Gasteiger partial charge in [0.1, 0.15) is 5.75 Å². The molecule has 0 aliphatic rings. The first-order valence-corrected chi connectivity index (χ1v) is 6.96. The van der Waals surface area contributed by atoms with Crippen LogP contribution in [0.15, 0.2) is 42.6 Å². The summed E-state index contributed by atoms with van der Waals surface area (Å²) in [6.45, 7) is 3.07. The molecule has 1 aromatic carbocycles. The zero-order valence-corrected chi connectivity index (χ0v) is 12.2. The SMILES string of the molecule is CCOc1ccc(-c2ncccc2Cn2nnnc2N)cc1. The summed E-state index contributed by atoms with van der Waals surface area (Å²) < 4.78 is 7.00. The number of nitrogens with two attached hydrogens (primary N) is 1. The largest absolute Gasteiger partial charge is 0.494 e. The Kier molecular flexibility index (Phi) is 3.95. The van der Waals surface area contributed by atoms with Crippen LogP contribution in [0.3, 0.4) is 0 Å². The molecule has 0 amide bonds. The standard InChI is InChI=1S/C15H16N6O/c1-2-22-13-7-5-11(6-8-13)14-12(4-3-9-17-14)10-21-15(16)18-19-20-21/h3-9H,2,10H2,1H3,(H2,16,18,20). The van der Waals surface area contributed by atoms with E-state index in [-0.39, 0.29) is 5.95 Å². The minimum absolute atomic E-state index is 0.279. The third-order valence-electron chi connectivity index (χ3n) is 3.21. The van der Waals surface area contributed by atoms with Gasteiger partial charge in [-0.1, -0.05) is 11.2 Å². The van der Waals surface area contributed by atoms with Crippen LogP contribution in [0.25, 0.3) is 11.3 Å². The highest BCUT2D eigenvalue weighted by molar-refractivity contribution is 5.63. The Morgan fingerprint density at radius 1 is 1.18 bits per heavy atom. The van der Waals surface area contributed by atoms with Gasteiger partial charge in [-0.25, -0.2) is 4.68 Å². The van der Waals surface area contributed by atoms with Crippen molar-refractivity contribution in [1.82, 2.24) is 25.2 Å². The summed E-state index contributed by atoms with van der Waals surface area (Å²) in [6, 6.07) is 11.7. The second kappa shape index (κ2) is 6.21. The van der Waals surface area contributed by atoms with Gasteiger partial charge in [0.25, 0.3) is 0 Å². The molecule has 0 bridgehead atoms. The molecular weight excluding hydrogens is 280 g/mol. The second-order valence-electron chi connectivity index (χ2n) is 4.66. The van der Waals surface area contributed by atoms with Crippen LogP contribution in [-0.4, -0.2) is 31.8 Å². The molecule has 22 heavy (non-hydrogen) atoms. The smallest absolute Gasteiger partial charge is 0.240 e. The lowest BCUT2D eigenvalue weighted by molar-refractivity contribution is 0.340. The van der Waals surface area contributed by atoms with Crippen molar-refractivity contribution in [3.05, 3.63) is 48.2 Å². The van der Waals surface area contributed by atoms with E-state index in [1.54, 1.807) is 6.20 Å². The Bertz CT molecular complexity index is 753. The number of hydrogen-bond donors (Lipinski definition) is 1. The van der Waals surface area contributed by atoms with Gasteiger partial charge >= 0.3 is 0 Å². The average molecular weight is 296 g/mol. The molecule has 3 aromatic rings. The fourth-order valence-electron chi connectivity index (χ4n) is 2.19. The van der Waals surface area contributed by atoms with Crippen LogP contribution in [0.4, 0.5) is 5.95 Å². The predicted octanol–water partition coefficient (Wildman–Crippen LogP) is 1.76. The molecule has 7 heteroatoms. The fourth-order valence-corrected chi connectivity index (χ4v) is 2.19. The van der Waals surface area contributed by atoms with Crippen molar-refractivity contribution >= 4 is 5.95 Å². The van der Waals surface area contributed by atoms with Gasteiger partial charge in [0.05, 0.1) is 18.8 Å². The summed E-state index contributed by atoms with van der Waals surface area (Å²) in [4.78, 5) is 4.47. The number of aromatic nitrogens is 5. The summed E-state index contributed by atoms with van der Waals surface area (Å²) >= 11 is 0. The van der Waals surface area contributed by atoms with Crippen molar-refractivity contribution in [2.45, 2.75) is 13.5 Å². The summed E-state index contributed by atoms with van der Waals surface area (Å²) in [5, 5.41) is 11.1. The number of hydrogen-bond acceptors (Lipinski definition) is 6. The molecule has 0 atom stereocenters. The lowest BCUT2D eigenvalue weighted by Gasteiger charge is -2.09. The predicted molar refractivity (Wildman–Crippen MR) is 82.2 cm³/mol. The lowest BCUT2D eigenvalue weighted by atomic mass is 10.1. The molecule has 0 aliphatic heterocycles. The normalized spacial score (nSPS) is 10.6. The molecule has 0 radical (unpaired) electrons. The van der Waals surface area contributed by atoms with Gasteiger partial charge in [0.2, 0.25) is 5.95 Å². The Hall–Kier alpha value is -2.96. The number of nitrogen functional groups attached to an aromatic ring is 1. The molecule has 7 nitrogen and oxygen atoms in total. The molecule has 0 spiro atoms. The maximum Gasteiger partial charge on any atom is 0.240 e. The van der Waals surface area contributed by atoms with Gasteiger partial charge in [-0.2, -0.15) is 0 Å². The third kappa shape index (κ3) is 2.88. The number of pyridine rings is 1. The van der Waals surface area contributed by atoms with Crippen molar-refractivity contribution in [2.24, 2.45) is 0 Å². The molecule has 0 unspecified atom stereocenters. The van der Waals surface area contributed by atoms with E-state index in [9.17, 15) is 0 Å². The minimum atomic E-state index is 0.279. The van der Waals surface area contributed by atoms with E-state index < -0.39 is 0 Å². The van der Waals surface area contributed by atoms with Crippen LogP contribution in [0.2, 0.25) is 0 Å². The van der Waals surface area contributed by atoms with Crippen LogP contribution in [0.5, 0.6) is 5.75 Å². The Balaban J connectivity index is 1.92. The molecular formula is C15H16N6O. The van der Waals surface area contributed by atoms with E-state index in [0.717, 1.165) is 22.6 Å². The number of ether oxygens (including phenoxy) is 1. The highest BCUT2D eigenvalue weighted by Gasteiger charge is 2.10. The van der Waals surface area contributed by atoms with Crippen LogP contribution in [0.1, 0.15) is 12.5 Å². The first-order valence-electron chi connectivity index (χ1n) is 6.96. The van der Waals surface area contributed by atoms with E-state index in [0.29, 0.717) is 13.2 Å². The highest BCUT2D eigenvalue weighted by atomic mass is 16.5. The molecule has 2 heterocycles. The monoisotopic (exact) mass is 296 g/mol. The third-order valence-corrected chi connectivity index (χ3v) is 3.21. The molecule has 0 fully saturated rings. The molecule has 2 N–H and O–H groups in total. The van der Waals surface area contributed by atoms with Crippen molar-refractivity contribution in [3.63, 3.8) is 0 Å². The van der Waals surface area contributed by atoms with Gasteiger partial charge in [-0.05, 0) is 47.7 Å². The minimum Gasteiger partial charge on any atom is -0.494 e. The number of benzene rings is 1. The summed E-state index contributed by atoms with van der Waals surface area (Å²) in [5.74, 6) is 1.12. The van der Waals surface area contributed by atoms with Gasteiger partial charge < -0.3 is 10.5 Å². The van der Waals surface area contributed by atoms with E-state index in [1.807, 2.05) is 43.3 Å². The van der Waals surface area contributed by atoms with Crippen molar-refractivity contribution in [2.75, 3.05) is 12.3 Å². The Morgan fingerprint density at radius 2 is 2.00 bits per heavy atom.